The first kappa shape index (κ1) is 9.99. The number of rotatable bonds is 2. The number of aromatic nitrogens is 1. The van der Waals surface area contributed by atoms with Gasteiger partial charge in [-0.05, 0) is 25.0 Å². The zero-order valence-electron chi connectivity index (χ0n) is 8.37. The van der Waals surface area contributed by atoms with Gasteiger partial charge in [0.2, 0.25) is 0 Å². The van der Waals surface area contributed by atoms with Crippen LogP contribution in [0.1, 0.15) is 25.8 Å². The molecule has 3 nitrogen and oxygen atoms in total. The van der Waals surface area contributed by atoms with E-state index in [1.54, 1.807) is 19.3 Å². The summed E-state index contributed by atoms with van der Waals surface area (Å²) in [5.41, 5.74) is 6.50. The zero-order valence-corrected chi connectivity index (χ0v) is 8.37. The average Bonchev–Trinajstić information content (AvgIpc) is 2.09. The van der Waals surface area contributed by atoms with Gasteiger partial charge in [0, 0.05) is 24.8 Å². The van der Waals surface area contributed by atoms with Crippen molar-refractivity contribution < 1.29 is 0 Å². The van der Waals surface area contributed by atoms with Gasteiger partial charge in [-0.15, -0.1) is 0 Å². The van der Waals surface area contributed by atoms with Crippen LogP contribution < -0.4 is 11.3 Å². The smallest absolute Gasteiger partial charge is 0.250 e. The first-order chi connectivity index (χ1) is 5.97. The number of nitrogens with two attached hydrogens (primary N) is 1. The monoisotopic (exact) mass is 180 g/mol. The summed E-state index contributed by atoms with van der Waals surface area (Å²) in [6.45, 7) is 3.94. The summed E-state index contributed by atoms with van der Waals surface area (Å²) >= 11 is 0. The predicted molar refractivity (Wildman–Crippen MR) is 53.5 cm³/mol. The summed E-state index contributed by atoms with van der Waals surface area (Å²) in [5, 5.41) is 0. The molecule has 0 bridgehead atoms. The van der Waals surface area contributed by atoms with E-state index in [1.165, 1.54) is 4.57 Å². The van der Waals surface area contributed by atoms with Crippen molar-refractivity contribution in [3.8, 4) is 0 Å². The molecule has 0 fully saturated rings. The van der Waals surface area contributed by atoms with Crippen molar-refractivity contribution in [1.82, 2.24) is 4.57 Å². The Kier molecular flexibility index (Phi) is 2.57. The minimum atomic E-state index is -0.395. The fraction of sp³-hybridized carbons (Fsp3) is 0.500. The Morgan fingerprint density at radius 1 is 1.62 bits per heavy atom. The summed E-state index contributed by atoms with van der Waals surface area (Å²) < 4.78 is 1.54. The molecule has 1 heterocycles. The van der Waals surface area contributed by atoms with Crippen LogP contribution in [0.5, 0.6) is 0 Å². The second kappa shape index (κ2) is 3.34. The van der Waals surface area contributed by atoms with Crippen molar-refractivity contribution in [2.24, 2.45) is 12.8 Å². The molecule has 1 aromatic heterocycles. The summed E-state index contributed by atoms with van der Waals surface area (Å²) in [7, 11) is 1.73. The molecule has 0 aromatic carbocycles. The predicted octanol–water partition coefficient (Wildman–Crippen LogP) is 0.969. The third-order valence-corrected chi connectivity index (χ3v) is 2.50. The largest absolute Gasteiger partial charge is 0.322 e. The lowest BCUT2D eigenvalue weighted by Crippen LogP contribution is -2.33. The third kappa shape index (κ3) is 1.98. The number of hydrogen-bond donors (Lipinski definition) is 1. The van der Waals surface area contributed by atoms with E-state index in [-0.39, 0.29) is 5.56 Å². The Balaban J connectivity index is 3.18. The van der Waals surface area contributed by atoms with Crippen molar-refractivity contribution in [3.05, 3.63) is 34.2 Å². The molecule has 72 valence electrons. The first-order valence-electron chi connectivity index (χ1n) is 4.43. The fourth-order valence-electron chi connectivity index (χ4n) is 1.11. The van der Waals surface area contributed by atoms with Gasteiger partial charge in [-0.25, -0.2) is 0 Å². The van der Waals surface area contributed by atoms with E-state index in [1.807, 2.05) is 19.9 Å². The lowest BCUT2D eigenvalue weighted by Gasteiger charge is -2.22. The van der Waals surface area contributed by atoms with Crippen LogP contribution in [-0.4, -0.2) is 4.57 Å². The molecular weight excluding hydrogens is 164 g/mol. The number of hydrogen-bond acceptors (Lipinski definition) is 2. The van der Waals surface area contributed by atoms with E-state index in [4.69, 9.17) is 5.73 Å². The second-order valence-electron chi connectivity index (χ2n) is 3.64. The minimum Gasteiger partial charge on any atom is -0.322 e. The van der Waals surface area contributed by atoms with Crippen LogP contribution in [0.15, 0.2) is 23.1 Å². The van der Waals surface area contributed by atoms with Crippen LogP contribution in [-0.2, 0) is 12.6 Å². The minimum absolute atomic E-state index is 0.0115. The quantitative estimate of drug-likeness (QED) is 0.737. The third-order valence-electron chi connectivity index (χ3n) is 2.50. The van der Waals surface area contributed by atoms with Gasteiger partial charge >= 0.3 is 0 Å². The molecule has 0 saturated carbocycles. The van der Waals surface area contributed by atoms with E-state index in [0.717, 1.165) is 12.0 Å². The van der Waals surface area contributed by atoms with Gasteiger partial charge in [0.1, 0.15) is 0 Å². The Labute approximate surface area is 78.2 Å². The second-order valence-corrected chi connectivity index (χ2v) is 3.64. The van der Waals surface area contributed by atoms with Crippen LogP contribution in [0.25, 0.3) is 0 Å². The number of aryl methyl sites for hydroxylation is 1. The van der Waals surface area contributed by atoms with E-state index >= 15 is 0 Å². The number of nitrogens with zero attached hydrogens (tertiary/aromatic N) is 1. The maximum atomic E-state index is 11.3. The Morgan fingerprint density at radius 3 is 2.69 bits per heavy atom. The van der Waals surface area contributed by atoms with E-state index < -0.39 is 5.54 Å². The molecule has 1 atom stereocenters. The summed E-state index contributed by atoms with van der Waals surface area (Å²) in [6.07, 6.45) is 2.57. The van der Waals surface area contributed by atoms with Gasteiger partial charge in [-0.2, -0.15) is 0 Å². The molecule has 0 radical (unpaired) electrons. The molecule has 0 aliphatic heterocycles. The molecule has 0 amide bonds. The molecule has 3 heteroatoms. The molecule has 1 rings (SSSR count). The maximum Gasteiger partial charge on any atom is 0.250 e. The molecular formula is C10H16N2O. The zero-order chi connectivity index (χ0) is 10.1. The van der Waals surface area contributed by atoms with Crippen LogP contribution in [0.3, 0.4) is 0 Å². The Bertz CT molecular complexity index is 352. The Hall–Kier alpha value is -1.09. The van der Waals surface area contributed by atoms with Crippen LogP contribution in [0.2, 0.25) is 0 Å². The molecule has 0 aliphatic rings. The lowest BCUT2D eigenvalue weighted by atomic mass is 9.91. The standard InChI is InChI=1S/C10H16N2O/c1-4-10(2,11)8-5-6-12(3)9(13)7-8/h5-7H,4,11H2,1-3H3. The first-order valence-corrected chi connectivity index (χ1v) is 4.43. The van der Waals surface area contributed by atoms with Crippen LogP contribution >= 0.6 is 0 Å². The maximum absolute atomic E-state index is 11.3. The molecule has 0 spiro atoms. The number of pyridine rings is 1. The molecule has 2 N–H and O–H groups in total. The molecule has 0 aliphatic carbocycles. The molecule has 13 heavy (non-hydrogen) atoms. The van der Waals surface area contributed by atoms with Gasteiger partial charge in [0.05, 0.1) is 0 Å². The summed E-state index contributed by atoms with van der Waals surface area (Å²) in [5.74, 6) is 0. The SMILES string of the molecule is CCC(C)(N)c1ccn(C)c(=O)c1. The van der Waals surface area contributed by atoms with Crippen molar-refractivity contribution in [2.75, 3.05) is 0 Å². The highest BCUT2D eigenvalue weighted by Gasteiger charge is 2.18. The summed E-state index contributed by atoms with van der Waals surface area (Å²) in [6, 6.07) is 3.49. The van der Waals surface area contributed by atoms with Crippen LogP contribution in [0.4, 0.5) is 0 Å². The van der Waals surface area contributed by atoms with Crippen molar-refractivity contribution in [3.63, 3.8) is 0 Å². The van der Waals surface area contributed by atoms with Gasteiger partial charge in [0.25, 0.3) is 5.56 Å². The van der Waals surface area contributed by atoms with Crippen molar-refractivity contribution in [2.45, 2.75) is 25.8 Å². The topological polar surface area (TPSA) is 48.0 Å². The van der Waals surface area contributed by atoms with E-state index in [2.05, 4.69) is 0 Å². The van der Waals surface area contributed by atoms with Gasteiger partial charge in [-0.3, -0.25) is 4.79 Å². The highest BCUT2D eigenvalue weighted by molar-refractivity contribution is 5.20. The van der Waals surface area contributed by atoms with E-state index in [9.17, 15) is 4.79 Å². The molecule has 1 aromatic rings. The highest BCUT2D eigenvalue weighted by atomic mass is 16.1. The van der Waals surface area contributed by atoms with Gasteiger partial charge in [-0.1, -0.05) is 6.92 Å². The van der Waals surface area contributed by atoms with Crippen molar-refractivity contribution in [1.29, 1.82) is 0 Å². The van der Waals surface area contributed by atoms with Crippen molar-refractivity contribution >= 4 is 0 Å². The Morgan fingerprint density at radius 2 is 2.23 bits per heavy atom. The van der Waals surface area contributed by atoms with Crippen LogP contribution in [0, 0.1) is 0 Å². The normalized spacial score (nSPS) is 15.4. The summed E-state index contributed by atoms with van der Waals surface area (Å²) in [4.78, 5) is 11.3. The lowest BCUT2D eigenvalue weighted by molar-refractivity contribution is 0.474. The molecule has 0 saturated heterocycles. The fourth-order valence-corrected chi connectivity index (χ4v) is 1.11. The van der Waals surface area contributed by atoms with E-state index in [0.29, 0.717) is 0 Å². The highest BCUT2D eigenvalue weighted by Crippen LogP contribution is 2.18. The average molecular weight is 180 g/mol. The molecule has 1 unspecified atom stereocenters. The van der Waals surface area contributed by atoms with Gasteiger partial charge in [0.15, 0.2) is 0 Å². The van der Waals surface area contributed by atoms with Gasteiger partial charge < -0.3 is 10.3 Å².